The lowest BCUT2D eigenvalue weighted by Gasteiger charge is -2.32. The van der Waals surface area contributed by atoms with E-state index in [1.807, 2.05) is 9.80 Å². The lowest BCUT2D eigenvalue weighted by atomic mass is 10.1. The van der Waals surface area contributed by atoms with Gasteiger partial charge in [-0.15, -0.1) is 0 Å². The summed E-state index contributed by atoms with van der Waals surface area (Å²) in [6.07, 6.45) is 1.14. The van der Waals surface area contributed by atoms with Crippen molar-refractivity contribution in [1.82, 2.24) is 9.80 Å². The molecule has 2 rings (SSSR count). The SMILES string of the molecule is CC1CC(C)N(C(=O)N2CCOCC2)C1. The Balaban J connectivity index is 1.94. The molecule has 0 N–H and O–H groups in total. The largest absolute Gasteiger partial charge is 0.378 e. The van der Waals surface area contributed by atoms with E-state index < -0.39 is 0 Å². The molecule has 0 spiro atoms. The van der Waals surface area contributed by atoms with Crippen LogP contribution >= 0.6 is 0 Å². The number of urea groups is 1. The summed E-state index contributed by atoms with van der Waals surface area (Å²) in [7, 11) is 0. The molecular weight excluding hydrogens is 192 g/mol. The number of hydrogen-bond donors (Lipinski definition) is 0. The molecule has 2 fully saturated rings. The third-order valence-corrected chi connectivity index (χ3v) is 3.31. The van der Waals surface area contributed by atoms with Gasteiger partial charge in [-0.3, -0.25) is 0 Å². The first kappa shape index (κ1) is 10.7. The van der Waals surface area contributed by atoms with Crippen LogP contribution in [-0.2, 0) is 4.74 Å². The third-order valence-electron chi connectivity index (χ3n) is 3.31. The molecule has 0 aliphatic carbocycles. The van der Waals surface area contributed by atoms with Crippen molar-refractivity contribution >= 4 is 6.03 Å². The minimum Gasteiger partial charge on any atom is -0.378 e. The number of ether oxygens (including phenoxy) is 1. The zero-order chi connectivity index (χ0) is 10.8. The van der Waals surface area contributed by atoms with E-state index in [4.69, 9.17) is 4.74 Å². The second kappa shape index (κ2) is 4.39. The molecule has 0 radical (unpaired) electrons. The first-order chi connectivity index (χ1) is 7.18. The molecule has 2 amide bonds. The molecule has 86 valence electrons. The van der Waals surface area contributed by atoms with E-state index >= 15 is 0 Å². The van der Waals surface area contributed by atoms with Crippen molar-refractivity contribution in [3.8, 4) is 0 Å². The van der Waals surface area contributed by atoms with Crippen molar-refractivity contribution in [2.45, 2.75) is 26.3 Å². The molecule has 0 aromatic carbocycles. The Morgan fingerprint density at radius 3 is 2.47 bits per heavy atom. The smallest absolute Gasteiger partial charge is 0.320 e. The lowest BCUT2D eigenvalue weighted by molar-refractivity contribution is 0.0426. The quantitative estimate of drug-likeness (QED) is 0.604. The maximum atomic E-state index is 12.2. The molecule has 0 aromatic rings. The Morgan fingerprint density at radius 2 is 1.93 bits per heavy atom. The summed E-state index contributed by atoms with van der Waals surface area (Å²) in [5.41, 5.74) is 0. The van der Waals surface area contributed by atoms with E-state index in [9.17, 15) is 4.79 Å². The zero-order valence-electron chi connectivity index (χ0n) is 9.61. The minimum atomic E-state index is 0.204. The second-order valence-electron chi connectivity index (χ2n) is 4.72. The average Bonchev–Trinajstić information content (AvgIpc) is 2.58. The van der Waals surface area contributed by atoms with E-state index in [0.29, 0.717) is 25.2 Å². The number of carbonyl (C=O) groups excluding carboxylic acids is 1. The van der Waals surface area contributed by atoms with Crippen molar-refractivity contribution < 1.29 is 9.53 Å². The Bertz CT molecular complexity index is 239. The maximum Gasteiger partial charge on any atom is 0.320 e. The predicted molar refractivity (Wildman–Crippen MR) is 57.7 cm³/mol. The molecule has 15 heavy (non-hydrogen) atoms. The molecule has 2 aliphatic heterocycles. The van der Waals surface area contributed by atoms with Crippen LogP contribution in [0.25, 0.3) is 0 Å². The van der Waals surface area contributed by atoms with Gasteiger partial charge in [-0.2, -0.15) is 0 Å². The van der Waals surface area contributed by atoms with Gasteiger partial charge in [0.1, 0.15) is 0 Å². The highest BCUT2D eigenvalue weighted by Crippen LogP contribution is 2.23. The minimum absolute atomic E-state index is 0.204. The summed E-state index contributed by atoms with van der Waals surface area (Å²) in [6, 6.07) is 0.602. The Kier molecular flexibility index (Phi) is 3.14. The molecule has 4 nitrogen and oxygen atoms in total. The van der Waals surface area contributed by atoms with Gasteiger partial charge in [0, 0.05) is 25.7 Å². The van der Waals surface area contributed by atoms with Crippen molar-refractivity contribution in [3.63, 3.8) is 0 Å². The Morgan fingerprint density at radius 1 is 1.27 bits per heavy atom. The summed E-state index contributed by atoms with van der Waals surface area (Å²) >= 11 is 0. The number of carbonyl (C=O) groups is 1. The fourth-order valence-electron chi connectivity index (χ4n) is 2.50. The van der Waals surface area contributed by atoms with Crippen LogP contribution < -0.4 is 0 Å². The molecule has 0 aromatic heterocycles. The lowest BCUT2D eigenvalue weighted by Crippen LogP contribution is -2.49. The molecule has 2 atom stereocenters. The number of nitrogens with zero attached hydrogens (tertiary/aromatic N) is 2. The van der Waals surface area contributed by atoms with Crippen LogP contribution in [0.15, 0.2) is 0 Å². The molecule has 2 unspecified atom stereocenters. The van der Waals surface area contributed by atoms with Gasteiger partial charge in [0.15, 0.2) is 0 Å². The third kappa shape index (κ3) is 2.25. The Labute approximate surface area is 91.2 Å². The summed E-state index contributed by atoms with van der Waals surface area (Å²) in [6.45, 7) is 8.13. The number of rotatable bonds is 0. The Hall–Kier alpha value is -0.770. The van der Waals surface area contributed by atoms with Crippen LogP contribution in [0.3, 0.4) is 0 Å². The van der Waals surface area contributed by atoms with Gasteiger partial charge in [-0.05, 0) is 19.3 Å². The molecule has 2 aliphatic rings. The van der Waals surface area contributed by atoms with Crippen molar-refractivity contribution in [2.75, 3.05) is 32.8 Å². The number of amides is 2. The zero-order valence-corrected chi connectivity index (χ0v) is 9.61. The van der Waals surface area contributed by atoms with Gasteiger partial charge in [0.2, 0.25) is 0 Å². The van der Waals surface area contributed by atoms with Gasteiger partial charge in [0.25, 0.3) is 0 Å². The van der Waals surface area contributed by atoms with Crippen molar-refractivity contribution in [1.29, 1.82) is 0 Å². The van der Waals surface area contributed by atoms with E-state index in [0.717, 1.165) is 26.1 Å². The summed E-state index contributed by atoms with van der Waals surface area (Å²) in [5.74, 6) is 0.644. The van der Waals surface area contributed by atoms with Gasteiger partial charge >= 0.3 is 6.03 Å². The summed E-state index contributed by atoms with van der Waals surface area (Å²) in [5, 5.41) is 0. The molecule has 2 saturated heterocycles. The van der Waals surface area contributed by atoms with Gasteiger partial charge in [-0.1, -0.05) is 6.92 Å². The van der Waals surface area contributed by atoms with Crippen LogP contribution in [0, 0.1) is 5.92 Å². The van der Waals surface area contributed by atoms with Crippen LogP contribution in [0.1, 0.15) is 20.3 Å². The van der Waals surface area contributed by atoms with Gasteiger partial charge in [-0.25, -0.2) is 4.79 Å². The van der Waals surface area contributed by atoms with E-state index in [1.165, 1.54) is 0 Å². The van der Waals surface area contributed by atoms with Gasteiger partial charge in [0.05, 0.1) is 13.2 Å². The van der Waals surface area contributed by atoms with Crippen molar-refractivity contribution in [3.05, 3.63) is 0 Å². The predicted octanol–water partition coefficient (Wildman–Crippen LogP) is 1.17. The van der Waals surface area contributed by atoms with E-state index in [-0.39, 0.29) is 6.03 Å². The van der Waals surface area contributed by atoms with Crippen LogP contribution in [-0.4, -0.2) is 54.7 Å². The number of morpholine rings is 1. The molecule has 0 bridgehead atoms. The monoisotopic (exact) mass is 212 g/mol. The highest BCUT2D eigenvalue weighted by molar-refractivity contribution is 5.75. The topological polar surface area (TPSA) is 32.8 Å². The highest BCUT2D eigenvalue weighted by atomic mass is 16.5. The highest BCUT2D eigenvalue weighted by Gasteiger charge is 2.32. The fourth-order valence-corrected chi connectivity index (χ4v) is 2.50. The first-order valence-corrected chi connectivity index (χ1v) is 5.82. The number of hydrogen-bond acceptors (Lipinski definition) is 2. The standard InChI is InChI=1S/C11H20N2O2/c1-9-7-10(2)13(8-9)11(14)12-3-5-15-6-4-12/h9-10H,3-8H2,1-2H3. The van der Waals surface area contributed by atoms with Crippen LogP contribution in [0.4, 0.5) is 4.79 Å². The van der Waals surface area contributed by atoms with Crippen molar-refractivity contribution in [2.24, 2.45) is 5.92 Å². The summed E-state index contributed by atoms with van der Waals surface area (Å²) < 4.78 is 5.25. The second-order valence-corrected chi connectivity index (χ2v) is 4.72. The van der Waals surface area contributed by atoms with Crippen LogP contribution in [0.2, 0.25) is 0 Å². The summed E-state index contributed by atoms with van der Waals surface area (Å²) in [4.78, 5) is 16.1. The fraction of sp³-hybridized carbons (Fsp3) is 0.909. The molecule has 2 heterocycles. The van der Waals surface area contributed by atoms with E-state index in [1.54, 1.807) is 0 Å². The van der Waals surface area contributed by atoms with Gasteiger partial charge < -0.3 is 14.5 Å². The number of likely N-dealkylation sites (tertiary alicyclic amines) is 1. The normalized spacial score (nSPS) is 32.1. The molecule has 0 saturated carbocycles. The average molecular weight is 212 g/mol. The maximum absolute atomic E-state index is 12.2. The van der Waals surface area contributed by atoms with E-state index in [2.05, 4.69) is 13.8 Å². The first-order valence-electron chi connectivity index (χ1n) is 5.82. The molecular formula is C11H20N2O2. The molecule has 4 heteroatoms. The van der Waals surface area contributed by atoms with Crippen LogP contribution in [0.5, 0.6) is 0 Å².